The number of benzene rings is 2. The summed E-state index contributed by atoms with van der Waals surface area (Å²) >= 11 is 5.90. The molecule has 0 radical (unpaired) electrons. The number of anilines is 1. The number of hydrogen-bond donors (Lipinski definition) is 1. The maximum Gasteiger partial charge on any atom is 0.256 e. The second-order valence-corrected chi connectivity index (χ2v) is 7.81. The number of carbonyl (C=O) groups excluding carboxylic acids is 1. The number of aromatic nitrogens is 2. The molecule has 0 unspecified atom stereocenters. The minimum absolute atomic E-state index is 0.129. The van der Waals surface area contributed by atoms with Gasteiger partial charge in [-0.3, -0.25) is 4.79 Å². The number of amides is 1. The van der Waals surface area contributed by atoms with E-state index < -0.39 is 0 Å². The average molecular weight is 368 g/mol. The molecule has 0 aliphatic heterocycles. The maximum absolute atomic E-state index is 12.6. The van der Waals surface area contributed by atoms with Crippen LogP contribution in [0.4, 0.5) is 5.82 Å². The minimum Gasteiger partial charge on any atom is -0.306 e. The van der Waals surface area contributed by atoms with Crippen LogP contribution >= 0.6 is 11.6 Å². The van der Waals surface area contributed by atoms with E-state index in [0.717, 1.165) is 11.4 Å². The van der Waals surface area contributed by atoms with Crippen molar-refractivity contribution in [2.75, 3.05) is 5.32 Å². The highest BCUT2D eigenvalue weighted by Gasteiger charge is 2.21. The molecule has 5 heteroatoms. The summed E-state index contributed by atoms with van der Waals surface area (Å²) in [6.07, 6.45) is 0. The van der Waals surface area contributed by atoms with Crippen molar-refractivity contribution in [3.63, 3.8) is 0 Å². The highest BCUT2D eigenvalue weighted by Crippen LogP contribution is 2.27. The van der Waals surface area contributed by atoms with E-state index in [4.69, 9.17) is 16.7 Å². The van der Waals surface area contributed by atoms with E-state index in [9.17, 15) is 4.79 Å². The lowest BCUT2D eigenvalue weighted by Gasteiger charge is -2.14. The SMILES string of the molecule is Cc1ccc(-n2nc(C(C)(C)C)cc2NC(=O)c2ccc(Cl)cc2)cc1. The molecule has 1 amide bonds. The lowest BCUT2D eigenvalue weighted by atomic mass is 9.92. The van der Waals surface area contributed by atoms with E-state index in [1.54, 1.807) is 28.9 Å². The predicted octanol–water partition coefficient (Wildman–Crippen LogP) is 5.38. The fraction of sp³-hybridized carbons (Fsp3) is 0.238. The van der Waals surface area contributed by atoms with Crippen LogP contribution < -0.4 is 5.32 Å². The second kappa shape index (κ2) is 6.96. The van der Waals surface area contributed by atoms with Gasteiger partial charge in [-0.25, -0.2) is 4.68 Å². The van der Waals surface area contributed by atoms with Crippen molar-refractivity contribution >= 4 is 23.3 Å². The number of nitrogens with zero attached hydrogens (tertiary/aromatic N) is 2. The van der Waals surface area contributed by atoms with Gasteiger partial charge in [0.15, 0.2) is 0 Å². The van der Waals surface area contributed by atoms with Gasteiger partial charge in [-0.05, 0) is 43.3 Å². The van der Waals surface area contributed by atoms with Crippen molar-refractivity contribution in [3.8, 4) is 5.69 Å². The van der Waals surface area contributed by atoms with Crippen LogP contribution in [-0.2, 0) is 5.41 Å². The van der Waals surface area contributed by atoms with Gasteiger partial charge < -0.3 is 5.32 Å². The normalized spacial score (nSPS) is 11.4. The molecular weight excluding hydrogens is 346 g/mol. The summed E-state index contributed by atoms with van der Waals surface area (Å²) in [6, 6.07) is 16.8. The van der Waals surface area contributed by atoms with E-state index >= 15 is 0 Å². The summed E-state index contributed by atoms with van der Waals surface area (Å²) in [5.41, 5.74) is 3.39. The monoisotopic (exact) mass is 367 g/mol. The zero-order chi connectivity index (χ0) is 18.9. The van der Waals surface area contributed by atoms with Gasteiger partial charge >= 0.3 is 0 Å². The quantitative estimate of drug-likeness (QED) is 0.675. The van der Waals surface area contributed by atoms with E-state index in [1.807, 2.05) is 37.3 Å². The van der Waals surface area contributed by atoms with E-state index in [2.05, 4.69) is 26.1 Å². The molecule has 0 spiro atoms. The van der Waals surface area contributed by atoms with Gasteiger partial charge in [-0.2, -0.15) is 5.10 Å². The van der Waals surface area contributed by atoms with Crippen LogP contribution in [0.3, 0.4) is 0 Å². The lowest BCUT2D eigenvalue weighted by molar-refractivity contribution is 0.102. The number of halogens is 1. The van der Waals surface area contributed by atoms with Crippen molar-refractivity contribution < 1.29 is 4.79 Å². The molecule has 26 heavy (non-hydrogen) atoms. The Kier molecular flexibility index (Phi) is 4.88. The predicted molar refractivity (Wildman–Crippen MR) is 106 cm³/mol. The molecule has 1 heterocycles. The number of hydrogen-bond acceptors (Lipinski definition) is 2. The van der Waals surface area contributed by atoms with Crippen LogP contribution in [-0.4, -0.2) is 15.7 Å². The number of carbonyl (C=O) groups is 1. The Balaban J connectivity index is 1.99. The van der Waals surface area contributed by atoms with Gasteiger partial charge in [0.1, 0.15) is 5.82 Å². The summed E-state index contributed by atoms with van der Waals surface area (Å²) in [5, 5.41) is 8.29. The highest BCUT2D eigenvalue weighted by molar-refractivity contribution is 6.30. The van der Waals surface area contributed by atoms with Crippen molar-refractivity contribution in [1.29, 1.82) is 0 Å². The van der Waals surface area contributed by atoms with Crippen molar-refractivity contribution in [1.82, 2.24) is 9.78 Å². The first-order chi connectivity index (χ1) is 12.2. The lowest BCUT2D eigenvalue weighted by Crippen LogP contribution is -2.15. The van der Waals surface area contributed by atoms with Gasteiger partial charge in [-0.15, -0.1) is 0 Å². The van der Waals surface area contributed by atoms with Crippen LogP contribution in [0, 0.1) is 6.92 Å². The van der Waals surface area contributed by atoms with Gasteiger partial charge in [0, 0.05) is 22.1 Å². The molecular formula is C21H22ClN3O. The van der Waals surface area contributed by atoms with Crippen LogP contribution in [0.1, 0.15) is 42.4 Å². The van der Waals surface area contributed by atoms with E-state index in [0.29, 0.717) is 16.4 Å². The average Bonchev–Trinajstić information content (AvgIpc) is 3.00. The minimum atomic E-state index is -0.199. The molecule has 2 aromatic carbocycles. The van der Waals surface area contributed by atoms with E-state index in [-0.39, 0.29) is 11.3 Å². The third-order valence-electron chi connectivity index (χ3n) is 4.10. The summed E-state index contributed by atoms with van der Waals surface area (Å²) in [4.78, 5) is 12.6. The summed E-state index contributed by atoms with van der Waals surface area (Å²) in [7, 11) is 0. The largest absolute Gasteiger partial charge is 0.306 e. The Morgan fingerprint density at radius 2 is 1.65 bits per heavy atom. The molecule has 4 nitrogen and oxygen atoms in total. The molecule has 3 rings (SSSR count). The first-order valence-corrected chi connectivity index (χ1v) is 8.86. The van der Waals surface area contributed by atoms with Crippen molar-refractivity contribution in [2.45, 2.75) is 33.1 Å². The second-order valence-electron chi connectivity index (χ2n) is 7.37. The fourth-order valence-corrected chi connectivity index (χ4v) is 2.64. The van der Waals surface area contributed by atoms with Crippen molar-refractivity contribution in [2.24, 2.45) is 0 Å². The van der Waals surface area contributed by atoms with Gasteiger partial charge in [0.05, 0.1) is 11.4 Å². The number of nitrogens with one attached hydrogen (secondary N) is 1. The highest BCUT2D eigenvalue weighted by atomic mass is 35.5. The Morgan fingerprint density at radius 3 is 2.23 bits per heavy atom. The molecule has 134 valence electrons. The molecule has 0 bridgehead atoms. The molecule has 0 aliphatic carbocycles. The molecule has 1 N–H and O–H groups in total. The molecule has 0 aliphatic rings. The van der Waals surface area contributed by atoms with Crippen LogP contribution in [0.5, 0.6) is 0 Å². The number of rotatable bonds is 3. The topological polar surface area (TPSA) is 46.9 Å². The summed E-state index contributed by atoms with van der Waals surface area (Å²) < 4.78 is 1.77. The van der Waals surface area contributed by atoms with Gasteiger partial charge in [-0.1, -0.05) is 50.1 Å². The summed E-state index contributed by atoms with van der Waals surface area (Å²) in [6.45, 7) is 8.33. The molecule has 0 saturated heterocycles. The standard InChI is InChI=1S/C21H22ClN3O/c1-14-5-11-17(12-6-14)25-19(13-18(24-25)21(2,3)4)23-20(26)15-7-9-16(22)10-8-15/h5-13H,1-4H3,(H,23,26). The Bertz CT molecular complexity index is 919. The molecule has 1 aromatic heterocycles. The molecule has 0 atom stereocenters. The molecule has 0 fully saturated rings. The first kappa shape index (κ1) is 18.2. The zero-order valence-corrected chi connectivity index (χ0v) is 16.1. The molecule has 0 saturated carbocycles. The summed E-state index contributed by atoms with van der Waals surface area (Å²) in [5.74, 6) is 0.439. The Morgan fingerprint density at radius 1 is 1.04 bits per heavy atom. The zero-order valence-electron chi connectivity index (χ0n) is 15.4. The van der Waals surface area contributed by atoms with Gasteiger partial charge in [0.25, 0.3) is 5.91 Å². The van der Waals surface area contributed by atoms with E-state index in [1.165, 1.54) is 5.56 Å². The Hall–Kier alpha value is -2.59. The molecule has 3 aromatic rings. The Labute approximate surface area is 158 Å². The first-order valence-electron chi connectivity index (χ1n) is 8.48. The number of aryl methyl sites for hydroxylation is 1. The van der Waals surface area contributed by atoms with Crippen LogP contribution in [0.2, 0.25) is 5.02 Å². The fourth-order valence-electron chi connectivity index (χ4n) is 2.51. The maximum atomic E-state index is 12.6. The third-order valence-corrected chi connectivity index (χ3v) is 4.36. The van der Waals surface area contributed by atoms with Crippen LogP contribution in [0.15, 0.2) is 54.6 Å². The van der Waals surface area contributed by atoms with Gasteiger partial charge in [0.2, 0.25) is 0 Å². The van der Waals surface area contributed by atoms with Crippen molar-refractivity contribution in [3.05, 3.63) is 76.4 Å². The smallest absolute Gasteiger partial charge is 0.256 e. The van der Waals surface area contributed by atoms with Crippen LogP contribution in [0.25, 0.3) is 5.69 Å². The third kappa shape index (κ3) is 3.97.